The average Bonchev–Trinajstić information content (AvgIpc) is 3.55. The van der Waals surface area contributed by atoms with Crippen LogP contribution >= 0.6 is 0 Å². The van der Waals surface area contributed by atoms with Crippen molar-refractivity contribution in [1.29, 1.82) is 0 Å². The second-order valence-electron chi connectivity index (χ2n) is 14.3. The smallest absolute Gasteiger partial charge is 0.0538 e. The molecule has 6 aromatic rings. The van der Waals surface area contributed by atoms with Crippen LogP contribution in [0.1, 0.15) is 55.5 Å². The molecule has 2 unspecified atom stereocenters. The standard InChI is InChI=1S/C46H40N2/c1-45(2)42-31-37(26-27-39(42)41-19-12-13-29-46(41,45)3)47(34-14-6-4-7-15-34)36-24-21-32(22-25-36)33-23-28-44-40(30-33)38-18-10-11-20-43(38)48(44)35-16-8-5-9-17-35/h4-9,11-17,19-31,41H,10,18H2,1-3H3. The molecule has 48 heavy (non-hydrogen) atoms. The first-order valence-corrected chi connectivity index (χ1v) is 17.3. The summed E-state index contributed by atoms with van der Waals surface area (Å²) >= 11 is 0. The highest BCUT2D eigenvalue weighted by molar-refractivity contribution is 5.94. The van der Waals surface area contributed by atoms with Crippen molar-refractivity contribution < 1.29 is 0 Å². The second-order valence-corrected chi connectivity index (χ2v) is 14.3. The summed E-state index contributed by atoms with van der Waals surface area (Å²) in [7, 11) is 0. The highest BCUT2D eigenvalue weighted by atomic mass is 15.1. The minimum Gasteiger partial charge on any atom is -0.310 e. The molecule has 5 aromatic carbocycles. The van der Waals surface area contributed by atoms with Crippen LogP contribution in [-0.2, 0) is 11.8 Å². The molecule has 0 fully saturated rings. The van der Waals surface area contributed by atoms with Gasteiger partial charge in [0.2, 0.25) is 0 Å². The van der Waals surface area contributed by atoms with E-state index in [2.05, 4.69) is 188 Å². The number of aryl methyl sites for hydroxylation is 1. The van der Waals surface area contributed by atoms with Gasteiger partial charge in [0.15, 0.2) is 0 Å². The summed E-state index contributed by atoms with van der Waals surface area (Å²) in [5, 5.41) is 1.35. The van der Waals surface area contributed by atoms with Crippen molar-refractivity contribution in [3.8, 4) is 16.8 Å². The quantitative estimate of drug-likeness (QED) is 0.186. The van der Waals surface area contributed by atoms with Gasteiger partial charge in [-0.2, -0.15) is 0 Å². The number of benzene rings is 5. The maximum absolute atomic E-state index is 2.45. The fourth-order valence-corrected chi connectivity index (χ4v) is 8.64. The van der Waals surface area contributed by atoms with E-state index in [-0.39, 0.29) is 10.8 Å². The molecule has 0 radical (unpaired) electrons. The molecular formula is C46H40N2. The summed E-state index contributed by atoms with van der Waals surface area (Å²) in [6.45, 7) is 7.25. The maximum Gasteiger partial charge on any atom is 0.0538 e. The van der Waals surface area contributed by atoms with Crippen LogP contribution in [0.15, 0.2) is 152 Å². The van der Waals surface area contributed by atoms with Crippen LogP contribution in [0.3, 0.4) is 0 Å². The van der Waals surface area contributed by atoms with Gasteiger partial charge in [-0.15, -0.1) is 0 Å². The summed E-state index contributed by atoms with van der Waals surface area (Å²) in [4.78, 5) is 2.40. The van der Waals surface area contributed by atoms with E-state index in [9.17, 15) is 0 Å². The Kier molecular flexibility index (Phi) is 6.52. The summed E-state index contributed by atoms with van der Waals surface area (Å²) in [6.07, 6.45) is 16.0. The second kappa shape index (κ2) is 10.9. The van der Waals surface area contributed by atoms with Crippen molar-refractivity contribution in [2.24, 2.45) is 5.41 Å². The maximum atomic E-state index is 2.45. The minimum atomic E-state index is 0.00355. The number of aromatic nitrogens is 1. The molecule has 1 heterocycles. The van der Waals surface area contributed by atoms with Crippen molar-refractivity contribution in [3.63, 3.8) is 0 Å². The van der Waals surface area contributed by atoms with Crippen LogP contribution in [0.25, 0.3) is 33.8 Å². The van der Waals surface area contributed by atoms with Crippen LogP contribution in [-0.4, -0.2) is 4.57 Å². The average molecular weight is 621 g/mol. The van der Waals surface area contributed by atoms with Crippen molar-refractivity contribution in [1.82, 2.24) is 4.57 Å². The monoisotopic (exact) mass is 620 g/mol. The number of hydrogen-bond acceptors (Lipinski definition) is 1. The van der Waals surface area contributed by atoms with Crippen LogP contribution in [0, 0.1) is 5.41 Å². The predicted molar refractivity (Wildman–Crippen MR) is 203 cm³/mol. The molecule has 0 saturated heterocycles. The number of para-hydroxylation sites is 2. The Morgan fingerprint density at radius 3 is 2.19 bits per heavy atom. The van der Waals surface area contributed by atoms with E-state index in [0.29, 0.717) is 5.92 Å². The first-order valence-electron chi connectivity index (χ1n) is 17.3. The highest BCUT2D eigenvalue weighted by Gasteiger charge is 2.53. The summed E-state index contributed by atoms with van der Waals surface area (Å²) in [5.41, 5.74) is 14.2. The van der Waals surface area contributed by atoms with Crippen LogP contribution < -0.4 is 4.90 Å². The van der Waals surface area contributed by atoms with Crippen molar-refractivity contribution in [2.45, 2.75) is 44.9 Å². The van der Waals surface area contributed by atoms with Gasteiger partial charge in [-0.05, 0) is 113 Å². The number of nitrogens with zero attached hydrogens (tertiary/aromatic N) is 2. The molecule has 0 saturated carbocycles. The molecule has 9 rings (SSSR count). The van der Waals surface area contributed by atoms with Gasteiger partial charge in [0.05, 0.1) is 5.52 Å². The van der Waals surface area contributed by atoms with E-state index < -0.39 is 0 Å². The lowest BCUT2D eigenvalue weighted by atomic mass is 9.62. The Labute approximate surface area is 284 Å². The number of rotatable bonds is 5. The molecule has 3 aliphatic rings. The molecule has 3 aliphatic carbocycles. The van der Waals surface area contributed by atoms with Crippen molar-refractivity contribution >= 4 is 34.0 Å². The largest absolute Gasteiger partial charge is 0.310 e. The third kappa shape index (κ3) is 4.25. The van der Waals surface area contributed by atoms with Crippen LogP contribution in [0.5, 0.6) is 0 Å². The number of allylic oxidation sites excluding steroid dienone is 5. The highest BCUT2D eigenvalue weighted by Crippen LogP contribution is 2.61. The fourth-order valence-electron chi connectivity index (χ4n) is 8.64. The Bertz CT molecular complexity index is 2260. The molecule has 2 atom stereocenters. The van der Waals surface area contributed by atoms with Gasteiger partial charge in [-0.1, -0.05) is 112 Å². The molecular weight excluding hydrogens is 581 g/mol. The zero-order valence-electron chi connectivity index (χ0n) is 27.9. The van der Waals surface area contributed by atoms with E-state index in [0.717, 1.165) is 24.2 Å². The number of fused-ring (bicyclic) bond motifs is 6. The molecule has 1 aromatic heterocycles. The van der Waals surface area contributed by atoms with Gasteiger partial charge in [0.1, 0.15) is 0 Å². The Hall–Kier alpha value is -5.34. The molecule has 234 valence electrons. The van der Waals surface area contributed by atoms with Gasteiger partial charge in [0.25, 0.3) is 0 Å². The van der Waals surface area contributed by atoms with E-state index in [1.54, 1.807) is 0 Å². The first-order chi connectivity index (χ1) is 23.4. The SMILES string of the molecule is CC1(C)c2cc(N(c3ccccc3)c3ccc(-c4ccc5c(c4)c4c(n5-c5ccccc5)C=CCC4)cc3)ccc2C2C=CC=CC21C. The van der Waals surface area contributed by atoms with Gasteiger partial charge in [0, 0.05) is 45.2 Å². The van der Waals surface area contributed by atoms with E-state index in [4.69, 9.17) is 0 Å². The zero-order valence-corrected chi connectivity index (χ0v) is 27.9. The normalized spacial score (nSPS) is 20.0. The summed E-state index contributed by atoms with van der Waals surface area (Å²) < 4.78 is 2.42. The minimum absolute atomic E-state index is 0.00355. The topological polar surface area (TPSA) is 8.17 Å². The van der Waals surface area contributed by atoms with Crippen molar-refractivity contribution in [2.75, 3.05) is 4.90 Å². The Morgan fingerprint density at radius 1 is 0.688 bits per heavy atom. The Morgan fingerprint density at radius 2 is 1.40 bits per heavy atom. The van der Waals surface area contributed by atoms with Crippen molar-refractivity contribution in [3.05, 3.63) is 174 Å². The van der Waals surface area contributed by atoms with Gasteiger partial charge < -0.3 is 9.47 Å². The molecule has 2 heteroatoms. The fraction of sp³-hybridized carbons (Fsp3) is 0.174. The molecule has 0 amide bonds. The number of hydrogen-bond donors (Lipinski definition) is 0. The summed E-state index contributed by atoms with van der Waals surface area (Å²) in [5.74, 6) is 0.398. The molecule has 0 spiro atoms. The first kappa shape index (κ1) is 28.8. The Balaban J connectivity index is 1.12. The molecule has 0 N–H and O–H groups in total. The van der Waals surface area contributed by atoms with Gasteiger partial charge in [-0.3, -0.25) is 0 Å². The molecule has 0 aliphatic heterocycles. The third-order valence-electron chi connectivity index (χ3n) is 11.6. The van der Waals surface area contributed by atoms with E-state index in [1.165, 1.54) is 55.8 Å². The van der Waals surface area contributed by atoms with Gasteiger partial charge >= 0.3 is 0 Å². The molecule has 2 nitrogen and oxygen atoms in total. The van der Waals surface area contributed by atoms with E-state index >= 15 is 0 Å². The zero-order chi connectivity index (χ0) is 32.5. The lowest BCUT2D eigenvalue weighted by Gasteiger charge is -2.41. The van der Waals surface area contributed by atoms with Crippen LogP contribution in [0.2, 0.25) is 0 Å². The van der Waals surface area contributed by atoms with Crippen LogP contribution in [0.4, 0.5) is 17.1 Å². The third-order valence-corrected chi connectivity index (χ3v) is 11.6. The van der Waals surface area contributed by atoms with Gasteiger partial charge in [-0.25, -0.2) is 0 Å². The predicted octanol–water partition coefficient (Wildman–Crippen LogP) is 12.2. The number of anilines is 3. The lowest BCUT2D eigenvalue weighted by molar-refractivity contribution is 0.245. The molecule has 0 bridgehead atoms. The van der Waals surface area contributed by atoms with E-state index in [1.807, 2.05) is 0 Å². The lowest BCUT2D eigenvalue weighted by Crippen LogP contribution is -2.36. The summed E-state index contributed by atoms with van der Waals surface area (Å²) in [6, 6.07) is 44.8.